The minimum Gasteiger partial charge on any atom is -0.431 e. The molecule has 2 N–H and O–H groups in total. The molecule has 3 rings (SSSR count). The van der Waals surface area contributed by atoms with E-state index in [1.54, 1.807) is 0 Å². The smallest absolute Gasteiger partial charge is 0.431 e. The maximum Gasteiger partial charge on any atom is 0.436 e. The van der Waals surface area contributed by atoms with Crippen molar-refractivity contribution in [3.63, 3.8) is 0 Å². The highest BCUT2D eigenvalue weighted by Gasteiger charge is 2.44. The number of anilines is 1. The molecule has 0 amide bonds. The molecule has 1 aliphatic rings. The quantitative estimate of drug-likeness (QED) is 0.569. The fourth-order valence-electron chi connectivity index (χ4n) is 3.05. The number of ether oxygens (including phenoxy) is 1. The Balaban J connectivity index is 2.10. The summed E-state index contributed by atoms with van der Waals surface area (Å²) in [4.78, 5) is 6.02. The Hall–Kier alpha value is -2.42. The van der Waals surface area contributed by atoms with Crippen molar-refractivity contribution < 1.29 is 49.4 Å². The monoisotopic (exact) mass is 493 g/mol. The van der Waals surface area contributed by atoms with E-state index in [4.69, 9.17) is 0 Å². The van der Waals surface area contributed by atoms with Crippen molar-refractivity contribution in [2.45, 2.75) is 35.8 Å². The number of aliphatic hydroxyl groups is 1. The number of rotatable bonds is 5. The van der Waals surface area contributed by atoms with Crippen LogP contribution in [0.2, 0.25) is 0 Å². The predicted octanol–water partition coefficient (Wildman–Crippen LogP) is 5.05. The normalized spacial score (nSPS) is 19.1. The number of pyridine rings is 2. The molecule has 0 saturated carbocycles. The van der Waals surface area contributed by atoms with Gasteiger partial charge in [-0.25, -0.2) is 14.4 Å². The third kappa shape index (κ3) is 4.67. The van der Waals surface area contributed by atoms with Crippen LogP contribution in [0.4, 0.5) is 45.3 Å². The molecule has 0 fully saturated rings. The zero-order valence-corrected chi connectivity index (χ0v) is 16.3. The first kappa shape index (κ1) is 24.2. The third-order valence-corrected chi connectivity index (χ3v) is 5.65. The van der Waals surface area contributed by atoms with Gasteiger partial charge in [-0.3, -0.25) is 0 Å². The molecule has 1 unspecified atom stereocenters. The zero-order valence-electron chi connectivity index (χ0n) is 15.5. The van der Waals surface area contributed by atoms with Crippen molar-refractivity contribution in [3.05, 3.63) is 41.1 Å². The lowest BCUT2D eigenvalue weighted by molar-refractivity contribution is -0.144. The lowest BCUT2D eigenvalue weighted by Gasteiger charge is -2.38. The van der Waals surface area contributed by atoms with E-state index in [0.29, 0.717) is 24.2 Å². The summed E-state index contributed by atoms with van der Waals surface area (Å²) in [6.07, 6.45) is -9.14. The molecule has 0 aromatic carbocycles. The number of halogens is 9. The summed E-state index contributed by atoms with van der Waals surface area (Å²) in [7, 11) is 0. The van der Waals surface area contributed by atoms with Crippen LogP contribution >= 0.6 is 11.8 Å². The van der Waals surface area contributed by atoms with Gasteiger partial charge < -0.3 is 15.2 Å². The number of aromatic nitrogens is 2. The number of fused-ring (bicyclic) bond motifs is 1. The molecule has 0 aliphatic carbocycles. The van der Waals surface area contributed by atoms with Crippen molar-refractivity contribution in [2.75, 3.05) is 17.7 Å². The molecular formula is C17H12F9N3O2S. The molecule has 0 spiro atoms. The zero-order chi connectivity index (χ0) is 23.9. The summed E-state index contributed by atoms with van der Waals surface area (Å²) in [5.41, 5.74) is -5.22. The van der Waals surface area contributed by atoms with Gasteiger partial charge in [-0.1, -0.05) is 0 Å². The molecule has 0 saturated heterocycles. The van der Waals surface area contributed by atoms with E-state index in [-0.39, 0.29) is 23.8 Å². The van der Waals surface area contributed by atoms with Gasteiger partial charge in [0.2, 0.25) is 0 Å². The minimum absolute atomic E-state index is 0.0234. The second-order valence-electron chi connectivity index (χ2n) is 6.57. The minimum atomic E-state index is -5.10. The maximum absolute atomic E-state index is 14.5. The van der Waals surface area contributed by atoms with Gasteiger partial charge in [0.1, 0.15) is 0 Å². The van der Waals surface area contributed by atoms with Gasteiger partial charge in [0.25, 0.3) is 0 Å². The van der Waals surface area contributed by atoms with E-state index >= 15 is 0 Å². The van der Waals surface area contributed by atoms with Crippen LogP contribution in [0.15, 0.2) is 23.4 Å². The van der Waals surface area contributed by atoms with Crippen molar-refractivity contribution in [2.24, 2.45) is 0 Å². The number of nitrogens with zero attached hydrogens (tertiary/aromatic N) is 2. The van der Waals surface area contributed by atoms with Crippen LogP contribution in [0.1, 0.15) is 23.2 Å². The van der Waals surface area contributed by atoms with Crippen LogP contribution in [0.5, 0.6) is 5.75 Å². The van der Waals surface area contributed by atoms with Crippen LogP contribution in [0.25, 0.3) is 0 Å². The first-order valence-electron chi connectivity index (χ1n) is 8.58. The van der Waals surface area contributed by atoms with Gasteiger partial charge >= 0.3 is 19.0 Å². The first-order chi connectivity index (χ1) is 14.8. The van der Waals surface area contributed by atoms with E-state index in [1.165, 1.54) is 0 Å². The SMILES string of the molecule is OCC1(Nc2ncc(C(F)(F)F)cc2OC(F)F)CCSc2c1cnc(C(F)(F)F)c2F. The first-order valence-corrected chi connectivity index (χ1v) is 9.57. The fraction of sp³-hybridized carbons (Fsp3) is 0.412. The maximum atomic E-state index is 14.5. The van der Waals surface area contributed by atoms with E-state index in [1.807, 2.05) is 0 Å². The van der Waals surface area contributed by atoms with Crippen LogP contribution < -0.4 is 10.1 Å². The lowest BCUT2D eigenvalue weighted by atomic mass is 9.88. The average molecular weight is 493 g/mol. The summed E-state index contributed by atoms with van der Waals surface area (Å²) in [6, 6.07) is 0.247. The van der Waals surface area contributed by atoms with Crippen LogP contribution in [-0.4, -0.2) is 34.0 Å². The summed E-state index contributed by atoms with van der Waals surface area (Å²) in [5, 5.41) is 12.4. The predicted molar refractivity (Wildman–Crippen MR) is 92.8 cm³/mol. The molecule has 176 valence electrons. The number of alkyl halides is 8. The van der Waals surface area contributed by atoms with E-state index in [2.05, 4.69) is 20.0 Å². The Morgan fingerprint density at radius 2 is 1.81 bits per heavy atom. The highest BCUT2D eigenvalue weighted by atomic mass is 32.2. The molecule has 32 heavy (non-hydrogen) atoms. The number of aliphatic hydroxyl groups excluding tert-OH is 1. The van der Waals surface area contributed by atoms with E-state index in [9.17, 15) is 44.6 Å². The van der Waals surface area contributed by atoms with Crippen molar-refractivity contribution in [1.29, 1.82) is 0 Å². The molecular weight excluding hydrogens is 481 g/mol. The Morgan fingerprint density at radius 3 is 2.38 bits per heavy atom. The van der Waals surface area contributed by atoms with Gasteiger partial charge in [-0.05, 0) is 12.5 Å². The Bertz CT molecular complexity index is 1000. The second-order valence-corrected chi connectivity index (χ2v) is 7.68. The number of hydrogen-bond donors (Lipinski definition) is 2. The van der Waals surface area contributed by atoms with Gasteiger partial charge in [0.05, 0.1) is 22.6 Å². The average Bonchev–Trinajstić information content (AvgIpc) is 2.68. The Morgan fingerprint density at radius 1 is 1.12 bits per heavy atom. The molecule has 5 nitrogen and oxygen atoms in total. The highest BCUT2D eigenvalue weighted by molar-refractivity contribution is 7.99. The second kappa shape index (κ2) is 8.50. The molecule has 2 aromatic rings. The lowest BCUT2D eigenvalue weighted by Crippen LogP contribution is -2.43. The number of hydrogen-bond acceptors (Lipinski definition) is 6. The van der Waals surface area contributed by atoms with Crippen LogP contribution in [0, 0.1) is 5.82 Å². The molecule has 1 atom stereocenters. The van der Waals surface area contributed by atoms with Crippen molar-refractivity contribution >= 4 is 17.6 Å². The third-order valence-electron chi connectivity index (χ3n) is 4.56. The molecule has 0 bridgehead atoms. The highest BCUT2D eigenvalue weighted by Crippen LogP contribution is 2.46. The number of nitrogens with one attached hydrogen (secondary N) is 1. The molecule has 15 heteroatoms. The fourth-order valence-corrected chi connectivity index (χ4v) is 4.33. The summed E-state index contributed by atoms with van der Waals surface area (Å²) < 4.78 is 122. The molecule has 2 aromatic heterocycles. The Kier molecular flexibility index (Phi) is 6.43. The summed E-state index contributed by atoms with van der Waals surface area (Å²) >= 11 is 0.708. The Labute approximate surface area is 178 Å². The van der Waals surface area contributed by atoms with Gasteiger partial charge in [0.15, 0.2) is 23.1 Å². The molecule has 3 heterocycles. The largest absolute Gasteiger partial charge is 0.436 e. The molecule has 0 radical (unpaired) electrons. The standard InChI is InChI=1S/C17H12F9N3O2S/c18-10-11-8(5-27-12(10)17(24,25)26)15(6-30,1-2-32-11)29-13-9(31-14(19)20)3-7(4-28-13)16(21,22)23/h3-5,14,30H,1-2,6H2,(H,28,29). The van der Waals surface area contributed by atoms with Crippen LogP contribution in [0.3, 0.4) is 0 Å². The topological polar surface area (TPSA) is 67.3 Å². The van der Waals surface area contributed by atoms with Gasteiger partial charge in [0, 0.05) is 23.7 Å². The van der Waals surface area contributed by atoms with Crippen molar-refractivity contribution in [1.82, 2.24) is 9.97 Å². The molecule has 1 aliphatic heterocycles. The van der Waals surface area contributed by atoms with Crippen molar-refractivity contribution in [3.8, 4) is 5.75 Å². The summed E-state index contributed by atoms with van der Waals surface area (Å²) in [5.74, 6) is -3.40. The number of thioether (sulfide) groups is 1. The van der Waals surface area contributed by atoms with E-state index in [0.717, 1.165) is 0 Å². The van der Waals surface area contributed by atoms with Crippen LogP contribution in [-0.2, 0) is 17.9 Å². The van der Waals surface area contributed by atoms with Gasteiger partial charge in [-0.2, -0.15) is 35.1 Å². The van der Waals surface area contributed by atoms with E-state index < -0.39 is 64.6 Å². The van der Waals surface area contributed by atoms with Gasteiger partial charge in [-0.15, -0.1) is 11.8 Å². The summed E-state index contributed by atoms with van der Waals surface area (Å²) in [6.45, 7) is -4.43.